The second-order valence-electron chi connectivity index (χ2n) is 6.74. The zero-order valence-corrected chi connectivity index (χ0v) is 16.7. The smallest absolute Gasteiger partial charge is 0.236 e. The van der Waals surface area contributed by atoms with Gasteiger partial charge in [0, 0.05) is 30.1 Å². The number of piperidine rings is 1. The van der Waals surface area contributed by atoms with Crippen molar-refractivity contribution in [1.82, 2.24) is 4.31 Å². The lowest BCUT2D eigenvalue weighted by atomic mass is 9.99. The Kier molecular flexibility index (Phi) is 7.07. The molecular formula is C21H24ClNO3S. The number of benzene rings is 2. The quantitative estimate of drug-likeness (QED) is 0.677. The van der Waals surface area contributed by atoms with Crippen molar-refractivity contribution in [3.05, 3.63) is 76.2 Å². The lowest BCUT2D eigenvalue weighted by Gasteiger charge is -2.30. The minimum Gasteiger partial charge on any atom is -0.376 e. The number of rotatable bonds is 7. The summed E-state index contributed by atoms with van der Waals surface area (Å²) in [4.78, 5) is 0. The van der Waals surface area contributed by atoms with E-state index >= 15 is 0 Å². The van der Waals surface area contributed by atoms with Crippen LogP contribution in [-0.4, -0.2) is 32.4 Å². The molecule has 0 N–H and O–H groups in total. The van der Waals surface area contributed by atoms with Crippen molar-refractivity contribution in [2.45, 2.75) is 19.4 Å². The van der Waals surface area contributed by atoms with E-state index in [2.05, 4.69) is 0 Å². The Balaban J connectivity index is 1.44. The third kappa shape index (κ3) is 6.18. The summed E-state index contributed by atoms with van der Waals surface area (Å²) in [5.41, 5.74) is 1.97. The molecular weight excluding hydrogens is 382 g/mol. The van der Waals surface area contributed by atoms with Crippen LogP contribution in [0.2, 0.25) is 5.02 Å². The van der Waals surface area contributed by atoms with E-state index in [9.17, 15) is 8.42 Å². The van der Waals surface area contributed by atoms with Gasteiger partial charge in [-0.25, -0.2) is 8.42 Å². The summed E-state index contributed by atoms with van der Waals surface area (Å²) in [6, 6.07) is 17.1. The zero-order valence-electron chi connectivity index (χ0n) is 15.1. The van der Waals surface area contributed by atoms with E-state index in [0.29, 0.717) is 37.2 Å². The van der Waals surface area contributed by atoms with Crippen LogP contribution in [0.4, 0.5) is 0 Å². The van der Waals surface area contributed by atoms with E-state index in [1.54, 1.807) is 10.4 Å². The molecule has 1 fully saturated rings. The predicted molar refractivity (Wildman–Crippen MR) is 110 cm³/mol. The molecule has 0 amide bonds. The Labute approximate surface area is 166 Å². The summed E-state index contributed by atoms with van der Waals surface area (Å²) >= 11 is 5.88. The normalized spacial score (nSPS) is 16.8. The van der Waals surface area contributed by atoms with Crippen molar-refractivity contribution in [2.75, 3.05) is 19.7 Å². The molecule has 1 aliphatic heterocycles. The Bertz CT molecular complexity index is 843. The lowest BCUT2D eigenvalue weighted by Crippen LogP contribution is -2.38. The fourth-order valence-electron chi connectivity index (χ4n) is 3.07. The van der Waals surface area contributed by atoms with Gasteiger partial charge in [-0.3, -0.25) is 0 Å². The van der Waals surface area contributed by atoms with Gasteiger partial charge < -0.3 is 4.74 Å². The molecule has 2 aromatic carbocycles. The highest BCUT2D eigenvalue weighted by Gasteiger charge is 2.26. The van der Waals surface area contributed by atoms with Gasteiger partial charge in [-0.1, -0.05) is 54.1 Å². The number of halogens is 1. The molecule has 27 heavy (non-hydrogen) atoms. The average Bonchev–Trinajstić information content (AvgIpc) is 2.69. The van der Waals surface area contributed by atoms with Crippen LogP contribution >= 0.6 is 11.6 Å². The molecule has 2 aromatic rings. The number of hydrogen-bond acceptors (Lipinski definition) is 3. The Morgan fingerprint density at radius 2 is 1.70 bits per heavy atom. The lowest BCUT2D eigenvalue weighted by molar-refractivity contribution is 0.0689. The number of sulfonamides is 1. The molecule has 0 saturated carbocycles. The van der Waals surface area contributed by atoms with Crippen LogP contribution in [0, 0.1) is 5.92 Å². The van der Waals surface area contributed by atoms with Gasteiger partial charge in [0.1, 0.15) is 0 Å². The summed E-state index contributed by atoms with van der Waals surface area (Å²) in [7, 11) is -3.37. The molecule has 0 bridgehead atoms. The van der Waals surface area contributed by atoms with Crippen molar-refractivity contribution in [1.29, 1.82) is 0 Å². The van der Waals surface area contributed by atoms with Crippen LogP contribution in [-0.2, 0) is 21.4 Å². The summed E-state index contributed by atoms with van der Waals surface area (Å²) in [5, 5.41) is 2.02. The molecule has 0 aliphatic carbocycles. The molecule has 1 aliphatic rings. The molecule has 3 rings (SSSR count). The predicted octanol–water partition coefficient (Wildman–Crippen LogP) is 4.57. The highest BCUT2D eigenvalue weighted by molar-refractivity contribution is 7.92. The molecule has 0 spiro atoms. The summed E-state index contributed by atoms with van der Waals surface area (Å²) in [5.74, 6) is 0.391. The van der Waals surface area contributed by atoms with Gasteiger partial charge in [-0.15, -0.1) is 0 Å². The standard InChI is InChI=1S/C21H24ClNO3S/c22-21-8-6-19(7-9-21)16-26-17-20-10-13-23(14-11-20)27(24,25)15-12-18-4-2-1-3-5-18/h1-9,12,15,20H,10-11,13-14,16-17H2. The Hall–Kier alpha value is -1.66. The second kappa shape index (κ2) is 9.51. The van der Waals surface area contributed by atoms with Gasteiger partial charge in [0.25, 0.3) is 0 Å². The van der Waals surface area contributed by atoms with Crippen LogP contribution in [0.15, 0.2) is 60.0 Å². The number of nitrogens with zero attached hydrogens (tertiary/aromatic N) is 1. The van der Waals surface area contributed by atoms with E-state index in [1.165, 1.54) is 5.41 Å². The van der Waals surface area contributed by atoms with Crippen LogP contribution in [0.5, 0.6) is 0 Å². The molecule has 1 heterocycles. The molecule has 1 saturated heterocycles. The number of ether oxygens (including phenoxy) is 1. The van der Waals surface area contributed by atoms with Crippen LogP contribution in [0.1, 0.15) is 24.0 Å². The fraction of sp³-hybridized carbons (Fsp3) is 0.333. The molecule has 144 valence electrons. The van der Waals surface area contributed by atoms with Gasteiger partial charge in [0.05, 0.1) is 6.61 Å². The maximum Gasteiger partial charge on any atom is 0.236 e. The topological polar surface area (TPSA) is 46.6 Å². The summed E-state index contributed by atoms with van der Waals surface area (Å²) < 4.78 is 32.3. The molecule has 0 radical (unpaired) electrons. The fourth-order valence-corrected chi connectivity index (χ4v) is 4.42. The van der Waals surface area contributed by atoms with Crippen molar-refractivity contribution in [2.24, 2.45) is 5.92 Å². The van der Waals surface area contributed by atoms with Gasteiger partial charge >= 0.3 is 0 Å². The molecule has 0 aromatic heterocycles. The first-order chi connectivity index (χ1) is 13.0. The minimum absolute atomic E-state index is 0.391. The van der Waals surface area contributed by atoms with Crippen LogP contribution in [0.25, 0.3) is 6.08 Å². The monoisotopic (exact) mass is 405 g/mol. The zero-order chi connectivity index (χ0) is 19.1. The first kappa shape index (κ1) is 20.1. The highest BCUT2D eigenvalue weighted by Crippen LogP contribution is 2.21. The van der Waals surface area contributed by atoms with E-state index in [-0.39, 0.29) is 0 Å². The first-order valence-electron chi connectivity index (χ1n) is 9.08. The van der Waals surface area contributed by atoms with Gasteiger partial charge in [-0.2, -0.15) is 4.31 Å². The number of hydrogen-bond donors (Lipinski definition) is 0. The van der Waals surface area contributed by atoms with E-state index < -0.39 is 10.0 Å². The van der Waals surface area contributed by atoms with E-state index in [1.807, 2.05) is 54.6 Å². The minimum atomic E-state index is -3.37. The summed E-state index contributed by atoms with van der Waals surface area (Å²) in [6.45, 7) is 2.28. The van der Waals surface area contributed by atoms with Crippen LogP contribution in [0.3, 0.4) is 0 Å². The maximum absolute atomic E-state index is 12.5. The third-order valence-corrected chi connectivity index (χ3v) is 6.52. The van der Waals surface area contributed by atoms with Crippen molar-refractivity contribution in [3.8, 4) is 0 Å². The molecule has 0 atom stereocenters. The van der Waals surface area contributed by atoms with Gasteiger partial charge in [0.15, 0.2) is 0 Å². The maximum atomic E-state index is 12.5. The average molecular weight is 406 g/mol. The van der Waals surface area contributed by atoms with Gasteiger partial charge in [-0.05, 0) is 48.1 Å². The van der Waals surface area contributed by atoms with E-state index in [0.717, 1.165) is 24.0 Å². The highest BCUT2D eigenvalue weighted by atomic mass is 35.5. The summed E-state index contributed by atoms with van der Waals surface area (Å²) in [6.07, 6.45) is 3.29. The first-order valence-corrected chi connectivity index (χ1v) is 11.0. The Morgan fingerprint density at radius 1 is 1.04 bits per heavy atom. The largest absolute Gasteiger partial charge is 0.376 e. The van der Waals surface area contributed by atoms with E-state index in [4.69, 9.17) is 16.3 Å². The van der Waals surface area contributed by atoms with Crippen molar-refractivity contribution >= 4 is 27.7 Å². The molecule has 4 nitrogen and oxygen atoms in total. The Morgan fingerprint density at radius 3 is 2.37 bits per heavy atom. The third-order valence-electron chi connectivity index (χ3n) is 4.70. The molecule has 6 heteroatoms. The van der Waals surface area contributed by atoms with Gasteiger partial charge in [0.2, 0.25) is 10.0 Å². The molecule has 0 unspecified atom stereocenters. The SMILES string of the molecule is O=S(=O)(C=Cc1ccccc1)N1CCC(COCc2ccc(Cl)cc2)CC1. The second-order valence-corrected chi connectivity index (χ2v) is 9.00. The van der Waals surface area contributed by atoms with Crippen molar-refractivity contribution in [3.63, 3.8) is 0 Å². The van der Waals surface area contributed by atoms with Crippen LogP contribution < -0.4 is 0 Å². The van der Waals surface area contributed by atoms with Crippen molar-refractivity contribution < 1.29 is 13.2 Å².